The zero-order valence-electron chi connectivity index (χ0n) is 11.9. The summed E-state index contributed by atoms with van der Waals surface area (Å²) in [6, 6.07) is 10.1. The minimum Gasteiger partial charge on any atom is -0.371 e. The van der Waals surface area contributed by atoms with Crippen molar-refractivity contribution in [2.75, 3.05) is 18.5 Å². The lowest BCUT2D eigenvalue weighted by molar-refractivity contribution is 0.399. The van der Waals surface area contributed by atoms with Gasteiger partial charge in [0.2, 0.25) is 0 Å². The van der Waals surface area contributed by atoms with Gasteiger partial charge in [-0.1, -0.05) is 32.0 Å². The highest BCUT2D eigenvalue weighted by Crippen LogP contribution is 2.33. The Balaban J connectivity index is 2.23. The van der Waals surface area contributed by atoms with Crippen molar-refractivity contribution in [1.29, 1.82) is 0 Å². The molecule has 0 spiro atoms. The molecule has 1 aromatic carbocycles. The average molecular weight is 246 g/mol. The molecule has 0 aromatic heterocycles. The summed E-state index contributed by atoms with van der Waals surface area (Å²) in [4.78, 5) is 2.48. The van der Waals surface area contributed by atoms with Crippen molar-refractivity contribution in [3.63, 3.8) is 0 Å². The summed E-state index contributed by atoms with van der Waals surface area (Å²) in [6.07, 6.45) is 5.23. The van der Waals surface area contributed by atoms with Crippen molar-refractivity contribution in [3.05, 3.63) is 29.8 Å². The lowest BCUT2D eigenvalue weighted by Crippen LogP contribution is -2.38. The highest BCUT2D eigenvalue weighted by atomic mass is 15.1. The van der Waals surface area contributed by atoms with Crippen LogP contribution in [0.5, 0.6) is 0 Å². The molecule has 2 rings (SSSR count). The first-order valence-electron chi connectivity index (χ1n) is 7.33. The number of nitrogens with zero attached hydrogens (tertiary/aromatic N) is 1. The van der Waals surface area contributed by atoms with E-state index in [1.165, 1.54) is 30.5 Å². The Labute approximate surface area is 111 Å². The number of benzene rings is 1. The van der Waals surface area contributed by atoms with E-state index < -0.39 is 0 Å². The third-order valence-electron chi connectivity index (χ3n) is 4.17. The Kier molecular flexibility index (Phi) is 4.65. The molecular weight excluding hydrogens is 220 g/mol. The smallest absolute Gasteiger partial charge is 0.0414 e. The number of anilines is 1. The van der Waals surface area contributed by atoms with Gasteiger partial charge in [-0.3, -0.25) is 0 Å². The van der Waals surface area contributed by atoms with Crippen molar-refractivity contribution in [2.45, 2.75) is 51.6 Å². The van der Waals surface area contributed by atoms with Crippen LogP contribution in [-0.4, -0.2) is 19.6 Å². The van der Waals surface area contributed by atoms with E-state index in [0.29, 0.717) is 6.04 Å². The zero-order chi connectivity index (χ0) is 13.0. The standard InChI is InChI=1S/C16H26N2/c1-4-15(17-5-2)14-11-6-7-12-16(14)18(3)13-9-8-10-13/h6-7,11-13,15,17H,4-5,8-10H2,1-3H3. The van der Waals surface area contributed by atoms with E-state index in [1.807, 2.05) is 0 Å². The van der Waals surface area contributed by atoms with E-state index in [2.05, 4.69) is 55.4 Å². The summed E-state index contributed by atoms with van der Waals surface area (Å²) in [5.74, 6) is 0. The molecule has 1 saturated carbocycles. The summed E-state index contributed by atoms with van der Waals surface area (Å²) in [6.45, 7) is 5.47. The molecule has 18 heavy (non-hydrogen) atoms. The second-order valence-corrected chi connectivity index (χ2v) is 5.27. The number of para-hydroxylation sites is 1. The number of rotatable bonds is 6. The summed E-state index contributed by atoms with van der Waals surface area (Å²) < 4.78 is 0. The van der Waals surface area contributed by atoms with Gasteiger partial charge >= 0.3 is 0 Å². The van der Waals surface area contributed by atoms with E-state index in [-0.39, 0.29) is 0 Å². The molecule has 0 bridgehead atoms. The van der Waals surface area contributed by atoms with Gasteiger partial charge in [0, 0.05) is 24.8 Å². The summed E-state index contributed by atoms with van der Waals surface area (Å²) in [5.41, 5.74) is 2.87. The quantitative estimate of drug-likeness (QED) is 0.822. The third-order valence-corrected chi connectivity index (χ3v) is 4.17. The lowest BCUT2D eigenvalue weighted by atomic mass is 9.90. The van der Waals surface area contributed by atoms with Crippen molar-refractivity contribution >= 4 is 5.69 Å². The highest BCUT2D eigenvalue weighted by Gasteiger charge is 2.24. The minimum absolute atomic E-state index is 0.480. The molecule has 0 amide bonds. The fraction of sp³-hybridized carbons (Fsp3) is 0.625. The van der Waals surface area contributed by atoms with Gasteiger partial charge in [0.05, 0.1) is 0 Å². The third kappa shape index (κ3) is 2.69. The van der Waals surface area contributed by atoms with Crippen LogP contribution in [0, 0.1) is 0 Å². The Hall–Kier alpha value is -1.02. The monoisotopic (exact) mass is 246 g/mol. The molecule has 0 radical (unpaired) electrons. The molecule has 100 valence electrons. The molecule has 0 heterocycles. The van der Waals surface area contributed by atoms with E-state index in [4.69, 9.17) is 0 Å². The van der Waals surface area contributed by atoms with Crippen LogP contribution in [0.4, 0.5) is 5.69 Å². The van der Waals surface area contributed by atoms with Crippen LogP contribution < -0.4 is 10.2 Å². The van der Waals surface area contributed by atoms with Crippen molar-refractivity contribution in [2.24, 2.45) is 0 Å². The van der Waals surface area contributed by atoms with Gasteiger partial charge in [0.15, 0.2) is 0 Å². The van der Waals surface area contributed by atoms with Crippen molar-refractivity contribution in [1.82, 2.24) is 5.32 Å². The minimum atomic E-state index is 0.480. The van der Waals surface area contributed by atoms with Crippen LogP contribution in [0.2, 0.25) is 0 Å². The second-order valence-electron chi connectivity index (χ2n) is 5.27. The van der Waals surface area contributed by atoms with E-state index in [9.17, 15) is 0 Å². The molecule has 1 N–H and O–H groups in total. The van der Waals surface area contributed by atoms with Crippen LogP contribution in [0.25, 0.3) is 0 Å². The molecule has 2 heteroatoms. The maximum atomic E-state index is 3.59. The predicted molar refractivity (Wildman–Crippen MR) is 79.2 cm³/mol. The van der Waals surface area contributed by atoms with Gasteiger partial charge in [-0.2, -0.15) is 0 Å². The molecule has 1 aliphatic carbocycles. The topological polar surface area (TPSA) is 15.3 Å². The largest absolute Gasteiger partial charge is 0.371 e. The molecule has 1 aromatic rings. The van der Waals surface area contributed by atoms with Crippen LogP contribution in [0.3, 0.4) is 0 Å². The lowest BCUT2D eigenvalue weighted by Gasteiger charge is -2.38. The molecular formula is C16H26N2. The van der Waals surface area contributed by atoms with E-state index in [1.54, 1.807) is 0 Å². The molecule has 1 unspecified atom stereocenters. The number of hydrogen-bond acceptors (Lipinski definition) is 2. The van der Waals surface area contributed by atoms with E-state index >= 15 is 0 Å². The van der Waals surface area contributed by atoms with Crippen LogP contribution in [0.15, 0.2) is 24.3 Å². The number of hydrogen-bond donors (Lipinski definition) is 1. The highest BCUT2D eigenvalue weighted by molar-refractivity contribution is 5.55. The van der Waals surface area contributed by atoms with Gasteiger partial charge in [-0.25, -0.2) is 0 Å². The van der Waals surface area contributed by atoms with Gasteiger partial charge in [0.25, 0.3) is 0 Å². The average Bonchev–Trinajstić information content (AvgIpc) is 2.34. The van der Waals surface area contributed by atoms with Gasteiger partial charge in [-0.05, 0) is 43.9 Å². The summed E-state index contributed by atoms with van der Waals surface area (Å²) >= 11 is 0. The first-order chi connectivity index (χ1) is 8.77. The van der Waals surface area contributed by atoms with E-state index in [0.717, 1.165) is 19.0 Å². The number of nitrogens with one attached hydrogen (secondary N) is 1. The molecule has 1 fully saturated rings. The van der Waals surface area contributed by atoms with Gasteiger partial charge in [-0.15, -0.1) is 0 Å². The summed E-state index contributed by atoms with van der Waals surface area (Å²) in [7, 11) is 2.25. The van der Waals surface area contributed by atoms with Gasteiger partial charge < -0.3 is 10.2 Å². The molecule has 0 aliphatic heterocycles. The van der Waals surface area contributed by atoms with Crippen LogP contribution in [-0.2, 0) is 0 Å². The molecule has 2 nitrogen and oxygen atoms in total. The first kappa shape index (κ1) is 13.4. The van der Waals surface area contributed by atoms with Crippen LogP contribution >= 0.6 is 0 Å². The zero-order valence-corrected chi connectivity index (χ0v) is 11.9. The van der Waals surface area contributed by atoms with Crippen molar-refractivity contribution in [3.8, 4) is 0 Å². The molecule has 0 saturated heterocycles. The van der Waals surface area contributed by atoms with Crippen molar-refractivity contribution < 1.29 is 0 Å². The first-order valence-corrected chi connectivity index (χ1v) is 7.33. The maximum absolute atomic E-state index is 3.59. The fourth-order valence-corrected chi connectivity index (χ4v) is 2.79. The molecule has 1 atom stereocenters. The normalized spacial score (nSPS) is 17.3. The summed E-state index contributed by atoms with van der Waals surface area (Å²) in [5, 5.41) is 3.59. The second kappa shape index (κ2) is 6.24. The Morgan fingerprint density at radius 2 is 2.00 bits per heavy atom. The molecule has 1 aliphatic rings. The Morgan fingerprint density at radius 1 is 1.28 bits per heavy atom. The van der Waals surface area contributed by atoms with Gasteiger partial charge in [0.1, 0.15) is 0 Å². The Bertz CT molecular complexity index is 350. The maximum Gasteiger partial charge on any atom is 0.0414 e. The van der Waals surface area contributed by atoms with Crippen LogP contribution in [0.1, 0.15) is 51.1 Å². The predicted octanol–water partition coefficient (Wildman–Crippen LogP) is 3.74. The Morgan fingerprint density at radius 3 is 2.56 bits per heavy atom. The fourth-order valence-electron chi connectivity index (χ4n) is 2.79. The SMILES string of the molecule is CCNC(CC)c1ccccc1N(C)C1CCC1.